The number of para-hydroxylation sites is 1. The summed E-state index contributed by atoms with van der Waals surface area (Å²) in [5.41, 5.74) is 8.90. The summed E-state index contributed by atoms with van der Waals surface area (Å²) < 4.78 is 6.25. The third kappa shape index (κ3) is 2.74. The molecule has 3 heteroatoms. The van der Waals surface area contributed by atoms with Gasteiger partial charge in [0.25, 0.3) is 0 Å². The Labute approximate surface area is 230 Å². The van der Waals surface area contributed by atoms with Gasteiger partial charge in [-0.05, 0) is 56.6 Å². The van der Waals surface area contributed by atoms with Gasteiger partial charge < -0.3 is 4.42 Å². The Morgan fingerprint density at radius 2 is 1.27 bits per heavy atom. The van der Waals surface area contributed by atoms with E-state index in [-0.39, 0.29) is 5.41 Å². The molecule has 0 amide bonds. The molecule has 0 atom stereocenters. The van der Waals surface area contributed by atoms with Crippen LogP contribution in [0.2, 0.25) is 0 Å². The zero-order valence-corrected chi connectivity index (χ0v) is 22.2. The van der Waals surface area contributed by atoms with Gasteiger partial charge in [-0.1, -0.05) is 98.8 Å². The monoisotopic (exact) mass is 512 g/mol. The Morgan fingerprint density at radius 3 is 2.08 bits per heavy atom. The molecule has 0 radical (unpaired) electrons. The normalized spacial score (nSPS) is 13.9. The summed E-state index contributed by atoms with van der Waals surface area (Å²) in [6.45, 7) is 4.64. The second kappa shape index (κ2) is 7.55. The van der Waals surface area contributed by atoms with Gasteiger partial charge in [-0.15, -0.1) is 0 Å². The van der Waals surface area contributed by atoms with Crippen LogP contribution in [0.15, 0.2) is 114 Å². The van der Waals surface area contributed by atoms with E-state index in [0.717, 1.165) is 38.8 Å². The van der Waals surface area contributed by atoms with E-state index in [4.69, 9.17) is 14.4 Å². The first kappa shape index (κ1) is 21.9. The van der Waals surface area contributed by atoms with Gasteiger partial charge in [-0.3, -0.25) is 0 Å². The van der Waals surface area contributed by atoms with Crippen LogP contribution >= 0.6 is 0 Å². The summed E-state index contributed by atoms with van der Waals surface area (Å²) in [5, 5.41) is 8.27. The molecule has 0 bridgehead atoms. The average Bonchev–Trinajstić information content (AvgIpc) is 3.49. The molecule has 2 heterocycles. The average molecular weight is 513 g/mol. The van der Waals surface area contributed by atoms with Crippen LogP contribution in [0.4, 0.5) is 0 Å². The number of furan rings is 1. The van der Waals surface area contributed by atoms with Crippen LogP contribution in [-0.4, -0.2) is 9.97 Å². The predicted octanol–water partition coefficient (Wildman–Crippen LogP) is 9.81. The third-order valence-electron chi connectivity index (χ3n) is 8.89. The highest BCUT2D eigenvalue weighted by Crippen LogP contribution is 2.53. The Bertz CT molecular complexity index is 2320. The second-order valence-electron chi connectivity index (χ2n) is 11.4. The van der Waals surface area contributed by atoms with Gasteiger partial charge in [0.05, 0.1) is 5.52 Å². The summed E-state index contributed by atoms with van der Waals surface area (Å²) in [7, 11) is 0. The van der Waals surface area contributed by atoms with Crippen molar-refractivity contribution in [3.63, 3.8) is 0 Å². The zero-order chi connectivity index (χ0) is 26.6. The molecule has 6 aromatic carbocycles. The van der Waals surface area contributed by atoms with E-state index in [0.29, 0.717) is 0 Å². The molecule has 0 saturated carbocycles. The summed E-state index contributed by atoms with van der Waals surface area (Å²) in [6.07, 6.45) is 2.00. The fourth-order valence-electron chi connectivity index (χ4n) is 7.08. The van der Waals surface area contributed by atoms with Crippen LogP contribution in [0.5, 0.6) is 0 Å². The molecular formula is C37H24N2O. The molecular weight excluding hydrogens is 488 g/mol. The standard InChI is InChI=1S/C37H24N2O/c1-37(2)30-17-15-21(19-28(30)25-16-18-32-33(34(25)37)27-13-7-8-14-31(27)40-32)36-38-20-29-24-11-4-3-9-22(24)23-10-5-6-12-26(23)35(29)39-36/h3-20H,1-2H3. The molecule has 0 unspecified atom stereocenters. The minimum Gasteiger partial charge on any atom is -0.456 e. The van der Waals surface area contributed by atoms with E-state index in [2.05, 4.69) is 111 Å². The van der Waals surface area contributed by atoms with Crippen LogP contribution in [0, 0.1) is 0 Å². The van der Waals surface area contributed by atoms with Gasteiger partial charge in [-0.2, -0.15) is 0 Å². The lowest BCUT2D eigenvalue weighted by molar-refractivity contribution is 0.657. The first-order valence-corrected chi connectivity index (χ1v) is 13.8. The topological polar surface area (TPSA) is 38.9 Å². The quantitative estimate of drug-likeness (QED) is 0.205. The van der Waals surface area contributed by atoms with Crippen LogP contribution in [-0.2, 0) is 5.41 Å². The van der Waals surface area contributed by atoms with Crippen LogP contribution in [0.25, 0.3) is 76.9 Å². The van der Waals surface area contributed by atoms with Gasteiger partial charge in [0, 0.05) is 38.7 Å². The Morgan fingerprint density at radius 1 is 0.600 bits per heavy atom. The van der Waals surface area contributed by atoms with Crippen molar-refractivity contribution >= 4 is 54.4 Å². The molecule has 188 valence electrons. The highest BCUT2D eigenvalue weighted by molar-refractivity contribution is 6.24. The minimum atomic E-state index is -0.158. The van der Waals surface area contributed by atoms with E-state index in [1.165, 1.54) is 49.2 Å². The third-order valence-corrected chi connectivity index (χ3v) is 8.89. The molecule has 8 aromatic rings. The number of rotatable bonds is 1. The number of benzene rings is 6. The van der Waals surface area contributed by atoms with Gasteiger partial charge in [0.1, 0.15) is 11.2 Å². The van der Waals surface area contributed by atoms with Gasteiger partial charge >= 0.3 is 0 Å². The maximum absolute atomic E-state index is 6.25. The van der Waals surface area contributed by atoms with Crippen molar-refractivity contribution in [3.05, 3.63) is 120 Å². The van der Waals surface area contributed by atoms with E-state index in [1.807, 2.05) is 12.3 Å². The predicted molar refractivity (Wildman–Crippen MR) is 165 cm³/mol. The van der Waals surface area contributed by atoms with E-state index >= 15 is 0 Å². The van der Waals surface area contributed by atoms with E-state index in [9.17, 15) is 0 Å². The van der Waals surface area contributed by atoms with E-state index < -0.39 is 0 Å². The first-order chi connectivity index (χ1) is 19.6. The lowest BCUT2D eigenvalue weighted by Gasteiger charge is -2.22. The van der Waals surface area contributed by atoms with Crippen molar-refractivity contribution in [2.24, 2.45) is 0 Å². The van der Waals surface area contributed by atoms with Crippen molar-refractivity contribution < 1.29 is 4.42 Å². The molecule has 9 rings (SSSR count). The number of hydrogen-bond acceptors (Lipinski definition) is 3. The van der Waals surface area contributed by atoms with Crippen LogP contribution in [0.3, 0.4) is 0 Å². The highest BCUT2D eigenvalue weighted by Gasteiger charge is 2.38. The summed E-state index contributed by atoms with van der Waals surface area (Å²) in [6, 6.07) is 36.5. The van der Waals surface area contributed by atoms with Gasteiger partial charge in [0.2, 0.25) is 0 Å². The summed E-state index contributed by atoms with van der Waals surface area (Å²) in [5.74, 6) is 0.747. The molecule has 3 nitrogen and oxygen atoms in total. The SMILES string of the molecule is CC1(C)c2ccc(-c3ncc4c5ccccc5c5ccccc5c4n3)cc2-c2ccc3oc4ccccc4c3c21. The summed E-state index contributed by atoms with van der Waals surface area (Å²) in [4.78, 5) is 10.1. The largest absolute Gasteiger partial charge is 0.456 e. The zero-order valence-electron chi connectivity index (χ0n) is 22.2. The number of hydrogen-bond donors (Lipinski definition) is 0. The fourth-order valence-corrected chi connectivity index (χ4v) is 7.08. The Balaban J connectivity index is 1.29. The van der Waals surface area contributed by atoms with E-state index in [1.54, 1.807) is 0 Å². The molecule has 0 aliphatic heterocycles. The Hall–Kier alpha value is -5.02. The smallest absolute Gasteiger partial charge is 0.159 e. The Kier molecular flexibility index (Phi) is 4.13. The molecule has 0 fully saturated rings. The van der Waals surface area contributed by atoms with Gasteiger partial charge in [0.15, 0.2) is 5.82 Å². The molecule has 0 N–H and O–H groups in total. The van der Waals surface area contributed by atoms with Crippen LogP contribution in [0.1, 0.15) is 25.0 Å². The maximum Gasteiger partial charge on any atom is 0.159 e. The fraction of sp³-hybridized carbons (Fsp3) is 0.0811. The molecule has 40 heavy (non-hydrogen) atoms. The molecule has 1 aliphatic carbocycles. The van der Waals surface area contributed by atoms with Gasteiger partial charge in [-0.25, -0.2) is 9.97 Å². The lowest BCUT2D eigenvalue weighted by atomic mass is 9.80. The highest BCUT2D eigenvalue weighted by atomic mass is 16.3. The minimum absolute atomic E-state index is 0.158. The lowest BCUT2D eigenvalue weighted by Crippen LogP contribution is -2.15. The molecule has 0 spiro atoms. The van der Waals surface area contributed by atoms with Crippen molar-refractivity contribution in [2.45, 2.75) is 19.3 Å². The molecule has 1 aliphatic rings. The number of fused-ring (bicyclic) bond motifs is 13. The first-order valence-electron chi connectivity index (χ1n) is 13.8. The van der Waals surface area contributed by atoms with Crippen molar-refractivity contribution in [1.82, 2.24) is 9.97 Å². The number of aromatic nitrogens is 2. The molecule has 2 aromatic heterocycles. The molecule has 0 saturated heterocycles. The number of nitrogens with zero attached hydrogens (tertiary/aromatic N) is 2. The maximum atomic E-state index is 6.25. The van der Waals surface area contributed by atoms with Crippen LogP contribution < -0.4 is 0 Å². The van der Waals surface area contributed by atoms with Crippen molar-refractivity contribution in [3.8, 4) is 22.5 Å². The summed E-state index contributed by atoms with van der Waals surface area (Å²) >= 11 is 0. The van der Waals surface area contributed by atoms with Crippen molar-refractivity contribution in [1.29, 1.82) is 0 Å². The second-order valence-corrected chi connectivity index (χ2v) is 11.4. The van der Waals surface area contributed by atoms with Crippen molar-refractivity contribution in [2.75, 3.05) is 0 Å².